The van der Waals surface area contributed by atoms with Gasteiger partial charge in [0.05, 0.1) is 5.56 Å². The van der Waals surface area contributed by atoms with E-state index in [1.54, 1.807) is 24.2 Å². The number of fused-ring (bicyclic) bond motifs is 1. The molecule has 0 spiro atoms. The molecule has 2 aromatic rings. The van der Waals surface area contributed by atoms with Gasteiger partial charge in [0.2, 0.25) is 0 Å². The topological polar surface area (TPSA) is 96.4 Å². The average molecular weight is 364 g/mol. The van der Waals surface area contributed by atoms with E-state index in [1.807, 2.05) is 20.8 Å². The number of H-pyrrole nitrogens is 1. The lowest BCUT2D eigenvalue weighted by Crippen LogP contribution is -2.40. The fourth-order valence-corrected chi connectivity index (χ4v) is 3.08. The summed E-state index contributed by atoms with van der Waals surface area (Å²) < 4.78 is 6.75. The maximum Gasteiger partial charge on any atom is 0.410 e. The lowest BCUT2D eigenvalue weighted by Gasteiger charge is -2.24. The highest BCUT2D eigenvalue weighted by Crippen LogP contribution is 2.17. The van der Waals surface area contributed by atoms with Crippen molar-refractivity contribution in [1.82, 2.24) is 19.8 Å². The van der Waals surface area contributed by atoms with Crippen molar-refractivity contribution in [3.05, 3.63) is 34.4 Å². The van der Waals surface area contributed by atoms with Gasteiger partial charge in [-0.25, -0.2) is 4.79 Å². The predicted molar refractivity (Wildman–Crippen MR) is 101 cm³/mol. The maximum atomic E-state index is 12.7. The van der Waals surface area contributed by atoms with Gasteiger partial charge in [0.15, 0.2) is 0 Å². The number of hydrogen-bond donors (Lipinski definition) is 2. The van der Waals surface area contributed by atoms with E-state index in [2.05, 4.69) is 10.3 Å². The van der Waals surface area contributed by atoms with Crippen molar-refractivity contribution >= 4 is 22.9 Å². The zero-order valence-electron chi connectivity index (χ0n) is 15.5. The molecule has 3 rings (SSSR count). The van der Waals surface area contributed by atoms with Crippen LogP contribution in [0.15, 0.2) is 23.3 Å². The molecule has 1 fully saturated rings. The van der Waals surface area contributed by atoms with E-state index in [9.17, 15) is 14.4 Å². The number of aromatic amines is 1. The Hall–Kier alpha value is -2.77. The molecule has 1 aliphatic rings. The number of rotatable bonds is 2. The van der Waals surface area contributed by atoms with Gasteiger partial charge in [-0.2, -0.15) is 0 Å². The number of aryl methyl sites for hydroxylation is 1. The molecule has 8 heteroatoms. The molecule has 1 unspecified atom stereocenters. The molecule has 8 nitrogen and oxygen atoms in total. The highest BCUT2D eigenvalue weighted by atomic mass is 16.6. The Morgan fingerprint density at radius 2 is 2.12 bits per heavy atom. The third-order valence-corrected chi connectivity index (χ3v) is 4.31. The Morgan fingerprint density at radius 3 is 2.81 bits per heavy atom. The summed E-state index contributed by atoms with van der Waals surface area (Å²) in [6.07, 6.45) is 3.47. The van der Waals surface area contributed by atoms with Crippen molar-refractivity contribution in [1.29, 1.82) is 0 Å². The summed E-state index contributed by atoms with van der Waals surface area (Å²) in [5.41, 5.74) is 0.104. The van der Waals surface area contributed by atoms with Crippen molar-refractivity contribution in [3.8, 4) is 0 Å². The van der Waals surface area contributed by atoms with Crippen molar-refractivity contribution in [2.45, 2.75) is 38.8 Å². The van der Waals surface area contributed by atoms with Crippen LogP contribution in [0.25, 0.3) is 10.9 Å². The van der Waals surface area contributed by atoms with Gasteiger partial charge in [-0.05, 0) is 33.3 Å². The number of aromatic nitrogens is 2. The van der Waals surface area contributed by atoms with Crippen LogP contribution >= 0.6 is 0 Å². The van der Waals surface area contributed by atoms with E-state index >= 15 is 0 Å². The molecule has 2 N–H and O–H groups in total. The zero-order chi connectivity index (χ0) is 19.1. The molecule has 3 heterocycles. The highest BCUT2D eigenvalue weighted by Gasteiger charge is 2.31. The molecular formula is C18H28N4O4. The molecule has 1 aliphatic heterocycles. The fraction of sp³-hybridized carbons (Fsp3) is 0.500. The van der Waals surface area contributed by atoms with Crippen molar-refractivity contribution < 1.29 is 17.2 Å². The molecule has 0 radical (unpaired) electrons. The highest BCUT2D eigenvalue weighted by molar-refractivity contribution is 6.06. The summed E-state index contributed by atoms with van der Waals surface area (Å²) in [6.45, 7) is 6.40. The van der Waals surface area contributed by atoms with Crippen LogP contribution in [0.1, 0.15) is 40.4 Å². The van der Waals surface area contributed by atoms with Crippen molar-refractivity contribution in [2.75, 3.05) is 13.1 Å². The van der Waals surface area contributed by atoms with E-state index in [0.29, 0.717) is 36.0 Å². The zero-order valence-corrected chi connectivity index (χ0v) is 15.5. The fourth-order valence-electron chi connectivity index (χ4n) is 3.08. The van der Waals surface area contributed by atoms with E-state index in [1.165, 1.54) is 10.8 Å². The number of hydrogen-bond acceptors (Lipinski definition) is 4. The summed E-state index contributed by atoms with van der Waals surface area (Å²) in [7, 11) is 1.61. The summed E-state index contributed by atoms with van der Waals surface area (Å²) in [4.78, 5) is 41.4. The lowest BCUT2D eigenvalue weighted by atomic mass is 10.1. The first-order valence-corrected chi connectivity index (χ1v) is 8.61. The third-order valence-electron chi connectivity index (χ3n) is 4.31. The minimum absolute atomic E-state index is 0. The Kier molecular flexibility index (Phi) is 4.52. The van der Waals surface area contributed by atoms with Crippen LogP contribution in [0.5, 0.6) is 0 Å². The summed E-state index contributed by atoms with van der Waals surface area (Å²) in [6, 6.07) is 1.56. The van der Waals surface area contributed by atoms with E-state index in [0.717, 1.165) is 0 Å². The van der Waals surface area contributed by atoms with Gasteiger partial charge in [-0.1, -0.05) is 0 Å². The summed E-state index contributed by atoms with van der Waals surface area (Å²) >= 11 is 0. The minimum Gasteiger partial charge on any atom is -0.444 e. The quantitative estimate of drug-likeness (QED) is 0.853. The second-order valence-corrected chi connectivity index (χ2v) is 7.61. The summed E-state index contributed by atoms with van der Waals surface area (Å²) in [5, 5.41) is 3.54. The van der Waals surface area contributed by atoms with Gasteiger partial charge in [0, 0.05) is 46.8 Å². The van der Waals surface area contributed by atoms with Gasteiger partial charge in [-0.3, -0.25) is 9.59 Å². The molecule has 2 aromatic heterocycles. The molecule has 0 aromatic carbocycles. The van der Waals surface area contributed by atoms with Crippen LogP contribution in [0.2, 0.25) is 0 Å². The number of nitrogens with zero attached hydrogens (tertiary/aromatic N) is 2. The molecule has 1 atom stereocenters. The minimum atomic E-state index is -0.548. The lowest BCUT2D eigenvalue weighted by molar-refractivity contribution is 0.0290. The molecule has 2 amide bonds. The third kappa shape index (κ3) is 3.58. The smallest absolute Gasteiger partial charge is 0.410 e. The average Bonchev–Trinajstić information content (AvgIpc) is 3.18. The van der Waals surface area contributed by atoms with Gasteiger partial charge in [-0.15, -0.1) is 0 Å². The van der Waals surface area contributed by atoms with E-state index < -0.39 is 5.60 Å². The SMILES string of the molecule is Cn1cc(C(=O)NC2CCN(C(=O)OC(C)(C)C)C2)c2cc[nH]c2c1=O.[HH].[HH]. The molecule has 0 saturated carbocycles. The van der Waals surface area contributed by atoms with Crippen LogP contribution in [0, 0.1) is 0 Å². The number of amides is 2. The Labute approximate surface area is 154 Å². The molecule has 0 aliphatic carbocycles. The second-order valence-electron chi connectivity index (χ2n) is 7.61. The number of pyridine rings is 1. The molecule has 0 bridgehead atoms. The Balaban J connectivity index is 0.00000196. The predicted octanol–water partition coefficient (Wildman–Crippen LogP) is 2.10. The molecular weight excluding hydrogens is 336 g/mol. The first-order chi connectivity index (χ1) is 12.2. The van der Waals surface area contributed by atoms with Gasteiger partial charge < -0.3 is 24.5 Å². The van der Waals surface area contributed by atoms with Crippen LogP contribution in [-0.4, -0.2) is 51.2 Å². The van der Waals surface area contributed by atoms with Crippen LogP contribution in [0.3, 0.4) is 0 Å². The summed E-state index contributed by atoms with van der Waals surface area (Å²) in [5.74, 6) is -0.263. The number of nitrogens with one attached hydrogen (secondary N) is 2. The number of ether oxygens (including phenoxy) is 1. The standard InChI is InChI=1S/C18H24N4O4.2H2/c1-18(2,3)26-17(25)22-8-6-11(9-22)20-15(23)13-10-21(4)16(24)14-12(13)5-7-19-14;;/h5,7,10-11,19H,6,8-9H2,1-4H3,(H,20,23);2*1H. The number of carbonyl (C=O) groups excluding carboxylic acids is 2. The maximum absolute atomic E-state index is 12.7. The molecule has 26 heavy (non-hydrogen) atoms. The Morgan fingerprint density at radius 1 is 1.38 bits per heavy atom. The van der Waals surface area contributed by atoms with Gasteiger partial charge >= 0.3 is 6.09 Å². The largest absolute Gasteiger partial charge is 0.444 e. The monoisotopic (exact) mass is 364 g/mol. The normalized spacial score (nSPS) is 17.5. The first kappa shape index (κ1) is 18.0. The number of carbonyl (C=O) groups is 2. The van der Waals surface area contributed by atoms with Crippen LogP contribution in [0.4, 0.5) is 4.79 Å². The van der Waals surface area contributed by atoms with Gasteiger partial charge in [0.25, 0.3) is 11.5 Å². The van der Waals surface area contributed by atoms with Gasteiger partial charge in [0.1, 0.15) is 11.1 Å². The van der Waals surface area contributed by atoms with E-state index in [-0.39, 0.29) is 26.5 Å². The first-order valence-electron chi connectivity index (χ1n) is 8.61. The van der Waals surface area contributed by atoms with E-state index in [4.69, 9.17) is 4.74 Å². The van der Waals surface area contributed by atoms with Crippen molar-refractivity contribution in [2.24, 2.45) is 7.05 Å². The second kappa shape index (κ2) is 6.51. The molecule has 1 saturated heterocycles. The van der Waals surface area contributed by atoms with Crippen LogP contribution < -0.4 is 10.9 Å². The van der Waals surface area contributed by atoms with Crippen molar-refractivity contribution in [3.63, 3.8) is 0 Å². The molecule has 144 valence electrons. The Bertz CT molecular complexity index is 916. The van der Waals surface area contributed by atoms with Crippen LogP contribution in [-0.2, 0) is 11.8 Å². The number of likely N-dealkylation sites (tertiary alicyclic amines) is 1.